The molecule has 0 radical (unpaired) electrons. The van der Waals surface area contributed by atoms with Crippen LogP contribution in [0.3, 0.4) is 0 Å². The van der Waals surface area contributed by atoms with Crippen LogP contribution in [0, 0.1) is 24.8 Å². The van der Waals surface area contributed by atoms with Crippen molar-refractivity contribution < 1.29 is 9.50 Å². The van der Waals surface area contributed by atoms with Gasteiger partial charge in [0.25, 0.3) is 0 Å². The van der Waals surface area contributed by atoms with E-state index in [4.69, 9.17) is 16.7 Å². The molecule has 1 aromatic heterocycles. The Morgan fingerprint density at radius 2 is 2.12 bits per heavy atom. The predicted molar refractivity (Wildman–Crippen MR) is 61.5 cm³/mol. The molecule has 0 aliphatic rings. The molecule has 0 aromatic carbocycles. The lowest BCUT2D eigenvalue weighted by molar-refractivity contribution is 0.516. The molecule has 0 spiro atoms. The zero-order valence-corrected chi connectivity index (χ0v) is 9.48. The van der Waals surface area contributed by atoms with Crippen LogP contribution in [0.2, 0.25) is 5.02 Å². The molecule has 0 fully saturated rings. The van der Waals surface area contributed by atoms with E-state index in [1.807, 2.05) is 6.92 Å². The molecular weight excluding hydrogens is 229 g/mol. The van der Waals surface area contributed by atoms with E-state index >= 15 is 0 Å². The van der Waals surface area contributed by atoms with E-state index < -0.39 is 5.82 Å². The Hall–Kier alpha value is -1.66. The fraction of sp³-hybridized carbons (Fsp3) is 0.167. The predicted octanol–water partition coefficient (Wildman–Crippen LogP) is 3.12. The van der Waals surface area contributed by atoms with Crippen LogP contribution in [0.15, 0.2) is 24.3 Å². The second-order valence-corrected chi connectivity index (χ2v) is 3.57. The third-order valence-electron chi connectivity index (χ3n) is 1.85. The number of rotatable bonds is 1. The maximum Gasteiger partial charge on any atom is 0.141 e. The first kappa shape index (κ1) is 12.4. The number of hydrogen-bond acceptors (Lipinski definition) is 1. The first-order chi connectivity index (χ1) is 7.63. The van der Waals surface area contributed by atoms with Crippen molar-refractivity contribution in [3.8, 4) is 12.0 Å². The first-order valence-corrected chi connectivity index (χ1v) is 5.01. The van der Waals surface area contributed by atoms with E-state index in [9.17, 15) is 4.39 Å². The van der Waals surface area contributed by atoms with Gasteiger partial charge in [-0.2, -0.15) is 0 Å². The molecule has 0 saturated heterocycles. The average molecular weight is 240 g/mol. The highest BCUT2D eigenvalue weighted by atomic mass is 35.5. The van der Waals surface area contributed by atoms with Gasteiger partial charge in [0, 0.05) is 11.4 Å². The molecule has 16 heavy (non-hydrogen) atoms. The smallest absolute Gasteiger partial charge is 0.141 e. The fourth-order valence-electron chi connectivity index (χ4n) is 1.11. The second-order valence-electron chi connectivity index (χ2n) is 3.16. The summed E-state index contributed by atoms with van der Waals surface area (Å²) in [5.41, 5.74) is 1.50. The number of aliphatic hydroxyl groups excluding tert-OH is 1. The Morgan fingerprint density at radius 3 is 2.81 bits per heavy atom. The summed E-state index contributed by atoms with van der Waals surface area (Å²) in [4.78, 5) is 3.03. The summed E-state index contributed by atoms with van der Waals surface area (Å²) in [6, 6.07) is 5.94. The van der Waals surface area contributed by atoms with Crippen LogP contribution in [-0.4, -0.2) is 10.1 Å². The van der Waals surface area contributed by atoms with Gasteiger partial charge >= 0.3 is 0 Å². The molecule has 0 aliphatic heterocycles. The normalized spacial score (nSPS) is 8.94. The number of nitrogens with one attached hydrogen (secondary N) is 1. The van der Waals surface area contributed by atoms with Crippen molar-refractivity contribution >= 4 is 11.6 Å². The molecular formula is C12H11ClFNO. The van der Waals surface area contributed by atoms with E-state index in [2.05, 4.69) is 10.9 Å². The summed E-state index contributed by atoms with van der Waals surface area (Å²) in [7, 11) is 0. The van der Waals surface area contributed by atoms with Gasteiger partial charge in [-0.3, -0.25) is 0 Å². The molecule has 0 unspecified atom stereocenters. The quantitative estimate of drug-likeness (QED) is 0.726. The highest BCUT2D eigenvalue weighted by molar-refractivity contribution is 6.30. The molecule has 2 N–H and O–H groups in total. The number of aryl methyl sites for hydroxylation is 1. The Bertz CT molecular complexity index is 484. The Balaban J connectivity index is 3.31. The third-order valence-corrected chi connectivity index (χ3v) is 2.16. The molecule has 0 aliphatic carbocycles. The summed E-state index contributed by atoms with van der Waals surface area (Å²) in [5.74, 6) is 1.97. The van der Waals surface area contributed by atoms with Crippen LogP contribution in [0.1, 0.15) is 11.4 Å². The highest BCUT2D eigenvalue weighted by Crippen LogP contribution is 2.11. The minimum absolute atomic E-state index is 0.0480. The zero-order valence-electron chi connectivity index (χ0n) is 8.72. The van der Waals surface area contributed by atoms with Crippen LogP contribution < -0.4 is 0 Å². The minimum atomic E-state index is -0.510. The van der Waals surface area contributed by atoms with Gasteiger partial charge in [0.05, 0.1) is 11.4 Å². The van der Waals surface area contributed by atoms with Gasteiger partial charge < -0.3 is 10.1 Å². The van der Waals surface area contributed by atoms with Crippen molar-refractivity contribution in [1.82, 2.24) is 4.98 Å². The SMILES string of the molecule is Cc1ccc(Cl)c(F)ccc(CC#CO)[nH]1. The van der Waals surface area contributed by atoms with Crippen molar-refractivity contribution in [3.05, 3.63) is 46.5 Å². The van der Waals surface area contributed by atoms with Crippen LogP contribution in [0.5, 0.6) is 0 Å². The molecule has 1 aromatic rings. The van der Waals surface area contributed by atoms with Crippen LogP contribution in [-0.2, 0) is 6.42 Å². The third kappa shape index (κ3) is 3.84. The monoisotopic (exact) mass is 239 g/mol. The van der Waals surface area contributed by atoms with Crippen molar-refractivity contribution in [3.63, 3.8) is 0 Å². The maximum atomic E-state index is 13.3. The number of hydrogen-bond donors (Lipinski definition) is 2. The lowest BCUT2D eigenvalue weighted by Crippen LogP contribution is -1.86. The van der Waals surface area contributed by atoms with Gasteiger partial charge in [0.2, 0.25) is 0 Å². The van der Waals surface area contributed by atoms with Crippen LogP contribution in [0.4, 0.5) is 4.39 Å². The molecule has 0 saturated carbocycles. The van der Waals surface area contributed by atoms with Gasteiger partial charge in [0.15, 0.2) is 0 Å². The zero-order chi connectivity index (χ0) is 12.0. The van der Waals surface area contributed by atoms with Crippen molar-refractivity contribution in [1.29, 1.82) is 0 Å². The second kappa shape index (κ2) is 6.04. The molecule has 0 amide bonds. The van der Waals surface area contributed by atoms with E-state index in [-0.39, 0.29) is 5.02 Å². The van der Waals surface area contributed by atoms with Crippen molar-refractivity contribution in [2.24, 2.45) is 0 Å². The summed E-state index contributed by atoms with van der Waals surface area (Å²) >= 11 is 5.68. The summed E-state index contributed by atoms with van der Waals surface area (Å²) in [5, 5.41) is 8.43. The van der Waals surface area contributed by atoms with Crippen molar-refractivity contribution in [2.45, 2.75) is 13.3 Å². The van der Waals surface area contributed by atoms with Crippen molar-refractivity contribution in [2.75, 3.05) is 0 Å². The van der Waals surface area contributed by atoms with E-state index in [0.29, 0.717) is 12.1 Å². The Labute approximate surface area is 98.4 Å². The lowest BCUT2D eigenvalue weighted by atomic mass is 10.3. The largest absolute Gasteiger partial charge is 0.462 e. The molecule has 0 atom stereocenters. The van der Waals surface area contributed by atoms with Gasteiger partial charge in [-0.15, -0.1) is 0 Å². The van der Waals surface area contributed by atoms with Gasteiger partial charge in [0.1, 0.15) is 11.9 Å². The van der Waals surface area contributed by atoms with E-state index in [0.717, 1.165) is 5.69 Å². The fourth-order valence-corrected chi connectivity index (χ4v) is 1.23. The number of aliphatic hydroxyl groups is 1. The number of aromatic nitrogens is 1. The molecule has 1 rings (SSSR count). The topological polar surface area (TPSA) is 36.0 Å². The Morgan fingerprint density at radius 1 is 1.38 bits per heavy atom. The summed E-state index contributed by atoms with van der Waals surface area (Å²) in [6.45, 7) is 1.82. The number of H-pyrrole nitrogens is 1. The summed E-state index contributed by atoms with van der Waals surface area (Å²) < 4.78 is 13.3. The molecule has 1 heterocycles. The van der Waals surface area contributed by atoms with E-state index in [1.54, 1.807) is 18.2 Å². The lowest BCUT2D eigenvalue weighted by Gasteiger charge is -1.93. The van der Waals surface area contributed by atoms with Crippen LogP contribution in [0.25, 0.3) is 0 Å². The molecule has 4 heteroatoms. The van der Waals surface area contributed by atoms with Gasteiger partial charge in [-0.25, -0.2) is 4.39 Å². The average Bonchev–Trinajstić information content (AvgIpc) is 2.33. The van der Waals surface area contributed by atoms with E-state index in [1.165, 1.54) is 12.1 Å². The molecule has 84 valence electrons. The highest BCUT2D eigenvalue weighted by Gasteiger charge is 1.94. The minimum Gasteiger partial charge on any atom is -0.462 e. The van der Waals surface area contributed by atoms with Crippen LogP contribution >= 0.6 is 11.6 Å². The van der Waals surface area contributed by atoms with Gasteiger partial charge in [-0.1, -0.05) is 17.5 Å². The standard InChI is InChI=1S/C12H11ClFNO/c1-9-4-6-11(13)12(14)7-5-10(15-9)3-2-8-16/h4-7,15-16H,3H2,1H3. The maximum absolute atomic E-state index is 13.3. The number of aromatic amines is 1. The first-order valence-electron chi connectivity index (χ1n) is 4.63. The molecule has 2 nitrogen and oxygen atoms in total. The Kier molecular flexibility index (Phi) is 4.68. The summed E-state index contributed by atoms with van der Waals surface area (Å²) in [6.07, 6.45) is 2.11. The molecule has 0 bridgehead atoms. The number of halogens is 2. The van der Waals surface area contributed by atoms with Gasteiger partial charge in [-0.05, 0) is 31.2 Å².